The Morgan fingerprint density at radius 2 is 2.10 bits per heavy atom. The van der Waals surface area contributed by atoms with Crippen LogP contribution in [-0.4, -0.2) is 18.4 Å². The lowest BCUT2D eigenvalue weighted by Gasteiger charge is -2.06. The number of phenolic OH excluding ortho intramolecular Hbond substituents is 1. The molecule has 2 rings (SSSR count). The average molecular weight is 291 g/mol. The first-order valence-corrected chi connectivity index (χ1v) is 6.41. The van der Waals surface area contributed by atoms with Gasteiger partial charge >= 0.3 is 0 Å². The maximum Gasteiger partial charge on any atom is 0.161 e. The zero-order chi connectivity index (χ0) is 14.5. The summed E-state index contributed by atoms with van der Waals surface area (Å²) in [7, 11) is 1.50. The molecule has 4 nitrogen and oxygen atoms in total. The number of rotatable bonds is 4. The second-order valence-electron chi connectivity index (χ2n) is 4.21. The quantitative estimate of drug-likeness (QED) is 0.665. The van der Waals surface area contributed by atoms with Gasteiger partial charge in [-0.15, -0.1) is 0 Å². The van der Waals surface area contributed by atoms with Gasteiger partial charge in [0, 0.05) is 5.02 Å². The minimum Gasteiger partial charge on any atom is -0.504 e. The Morgan fingerprint density at radius 3 is 2.85 bits per heavy atom. The molecule has 0 radical (unpaired) electrons. The second-order valence-corrected chi connectivity index (χ2v) is 4.62. The Balaban J connectivity index is 2.12. The van der Waals surface area contributed by atoms with E-state index in [1.165, 1.54) is 7.11 Å². The highest BCUT2D eigenvalue weighted by atomic mass is 35.5. The fraction of sp³-hybridized carbons (Fsp3) is 0.133. The van der Waals surface area contributed by atoms with Crippen molar-refractivity contribution >= 4 is 23.5 Å². The standard InChI is InChI=1S/C15H15ClN2O2/c1-10-12(16)4-3-5-13(10)18-17-9-11-6-7-14(19)15(8-11)20-2/h3-9,18-19H,1-2H3. The second kappa shape index (κ2) is 6.30. The molecule has 0 saturated heterocycles. The van der Waals surface area contributed by atoms with Crippen molar-refractivity contribution in [2.45, 2.75) is 6.92 Å². The van der Waals surface area contributed by atoms with Crippen LogP contribution in [0.5, 0.6) is 11.5 Å². The van der Waals surface area contributed by atoms with Crippen molar-refractivity contribution in [2.75, 3.05) is 12.5 Å². The molecule has 0 saturated carbocycles. The van der Waals surface area contributed by atoms with E-state index in [0.29, 0.717) is 10.8 Å². The summed E-state index contributed by atoms with van der Waals surface area (Å²) in [5.74, 6) is 0.510. The maximum atomic E-state index is 9.51. The number of nitrogens with one attached hydrogen (secondary N) is 1. The number of hydrogen-bond donors (Lipinski definition) is 2. The molecule has 0 fully saturated rings. The minimum absolute atomic E-state index is 0.100. The number of ether oxygens (including phenoxy) is 1. The molecule has 0 spiro atoms. The summed E-state index contributed by atoms with van der Waals surface area (Å²) >= 11 is 6.03. The lowest BCUT2D eigenvalue weighted by Crippen LogP contribution is -1.94. The van der Waals surface area contributed by atoms with E-state index in [0.717, 1.165) is 16.8 Å². The van der Waals surface area contributed by atoms with Crippen LogP contribution in [0.2, 0.25) is 5.02 Å². The third-order valence-corrected chi connectivity index (χ3v) is 3.28. The van der Waals surface area contributed by atoms with E-state index in [1.54, 1.807) is 24.4 Å². The van der Waals surface area contributed by atoms with Crippen LogP contribution in [0.25, 0.3) is 0 Å². The molecule has 2 N–H and O–H groups in total. The van der Waals surface area contributed by atoms with Gasteiger partial charge in [-0.05, 0) is 48.4 Å². The molecule has 2 aromatic carbocycles. The van der Waals surface area contributed by atoms with Crippen LogP contribution in [-0.2, 0) is 0 Å². The Kier molecular flexibility index (Phi) is 4.48. The van der Waals surface area contributed by atoms with Crippen LogP contribution in [0.1, 0.15) is 11.1 Å². The van der Waals surface area contributed by atoms with E-state index in [2.05, 4.69) is 10.5 Å². The molecule has 0 aromatic heterocycles. The average Bonchev–Trinajstić information content (AvgIpc) is 2.45. The predicted octanol–water partition coefficient (Wildman–Crippen LogP) is 3.81. The van der Waals surface area contributed by atoms with Gasteiger partial charge in [0.15, 0.2) is 11.5 Å². The molecular weight excluding hydrogens is 276 g/mol. The minimum atomic E-state index is 0.100. The third-order valence-electron chi connectivity index (χ3n) is 2.87. The highest BCUT2D eigenvalue weighted by Gasteiger charge is 2.02. The van der Waals surface area contributed by atoms with Gasteiger partial charge in [0.2, 0.25) is 0 Å². The van der Waals surface area contributed by atoms with Crippen molar-refractivity contribution in [3.05, 3.63) is 52.5 Å². The first-order chi connectivity index (χ1) is 9.61. The normalized spacial score (nSPS) is 10.8. The van der Waals surface area contributed by atoms with Gasteiger partial charge in [-0.3, -0.25) is 5.43 Å². The van der Waals surface area contributed by atoms with Gasteiger partial charge in [0.1, 0.15) is 0 Å². The number of anilines is 1. The van der Waals surface area contributed by atoms with E-state index in [9.17, 15) is 5.11 Å². The van der Waals surface area contributed by atoms with Crippen LogP contribution in [0.3, 0.4) is 0 Å². The van der Waals surface area contributed by atoms with Crippen molar-refractivity contribution in [1.29, 1.82) is 0 Å². The Morgan fingerprint density at radius 1 is 1.30 bits per heavy atom. The van der Waals surface area contributed by atoms with E-state index in [1.807, 2.05) is 25.1 Å². The largest absolute Gasteiger partial charge is 0.504 e. The molecule has 0 unspecified atom stereocenters. The van der Waals surface area contributed by atoms with Gasteiger partial charge in [-0.25, -0.2) is 0 Å². The Labute approximate surface area is 122 Å². The number of benzene rings is 2. The molecule has 5 heteroatoms. The van der Waals surface area contributed by atoms with E-state index < -0.39 is 0 Å². The summed E-state index contributed by atoms with van der Waals surface area (Å²) < 4.78 is 5.04. The first-order valence-electron chi connectivity index (χ1n) is 6.03. The Bertz CT molecular complexity index is 642. The van der Waals surface area contributed by atoms with E-state index in [-0.39, 0.29) is 5.75 Å². The lowest BCUT2D eigenvalue weighted by atomic mass is 10.2. The van der Waals surface area contributed by atoms with Gasteiger partial charge in [0.05, 0.1) is 19.0 Å². The number of halogens is 1. The van der Waals surface area contributed by atoms with Crippen molar-refractivity contribution in [1.82, 2.24) is 0 Å². The summed E-state index contributed by atoms with van der Waals surface area (Å²) in [6.07, 6.45) is 1.64. The summed E-state index contributed by atoms with van der Waals surface area (Å²) in [6, 6.07) is 10.6. The van der Waals surface area contributed by atoms with E-state index >= 15 is 0 Å². The number of nitrogens with zero attached hydrogens (tertiary/aromatic N) is 1. The van der Waals surface area contributed by atoms with Crippen molar-refractivity contribution in [2.24, 2.45) is 5.10 Å². The summed E-state index contributed by atoms with van der Waals surface area (Å²) in [4.78, 5) is 0. The predicted molar refractivity (Wildman–Crippen MR) is 82.1 cm³/mol. The van der Waals surface area contributed by atoms with Gasteiger partial charge < -0.3 is 9.84 Å². The number of methoxy groups -OCH3 is 1. The number of hydrazone groups is 1. The number of hydrogen-bond acceptors (Lipinski definition) is 4. The molecule has 0 heterocycles. The van der Waals surface area contributed by atoms with Crippen LogP contribution in [0, 0.1) is 6.92 Å². The van der Waals surface area contributed by atoms with Crippen molar-refractivity contribution < 1.29 is 9.84 Å². The van der Waals surface area contributed by atoms with Crippen LogP contribution < -0.4 is 10.2 Å². The molecule has 20 heavy (non-hydrogen) atoms. The number of aromatic hydroxyl groups is 1. The highest BCUT2D eigenvalue weighted by molar-refractivity contribution is 6.31. The highest BCUT2D eigenvalue weighted by Crippen LogP contribution is 2.26. The molecule has 0 amide bonds. The smallest absolute Gasteiger partial charge is 0.161 e. The zero-order valence-electron chi connectivity index (χ0n) is 11.2. The fourth-order valence-corrected chi connectivity index (χ4v) is 1.85. The molecular formula is C15H15ClN2O2. The topological polar surface area (TPSA) is 53.8 Å². The Hall–Kier alpha value is -2.20. The monoisotopic (exact) mass is 290 g/mol. The van der Waals surface area contributed by atoms with Gasteiger partial charge in [-0.1, -0.05) is 17.7 Å². The maximum absolute atomic E-state index is 9.51. The molecule has 2 aromatic rings. The SMILES string of the molecule is COc1cc(C=NNc2cccc(Cl)c2C)ccc1O. The van der Waals surface area contributed by atoms with Crippen LogP contribution >= 0.6 is 11.6 Å². The molecule has 104 valence electrons. The molecule has 0 aliphatic carbocycles. The van der Waals surface area contributed by atoms with Gasteiger partial charge in [0.25, 0.3) is 0 Å². The number of phenols is 1. The van der Waals surface area contributed by atoms with E-state index in [4.69, 9.17) is 16.3 Å². The molecule has 0 atom stereocenters. The fourth-order valence-electron chi connectivity index (χ4n) is 1.68. The third kappa shape index (κ3) is 3.22. The summed E-state index contributed by atoms with van der Waals surface area (Å²) in [5, 5.41) is 14.3. The van der Waals surface area contributed by atoms with Gasteiger partial charge in [-0.2, -0.15) is 5.10 Å². The lowest BCUT2D eigenvalue weighted by molar-refractivity contribution is 0.373. The molecule has 0 aliphatic heterocycles. The first kappa shape index (κ1) is 14.2. The summed E-state index contributed by atoms with van der Waals surface area (Å²) in [6.45, 7) is 1.92. The van der Waals surface area contributed by atoms with Crippen molar-refractivity contribution in [3.8, 4) is 11.5 Å². The van der Waals surface area contributed by atoms with Crippen LogP contribution in [0.15, 0.2) is 41.5 Å². The zero-order valence-corrected chi connectivity index (χ0v) is 12.0. The van der Waals surface area contributed by atoms with Crippen molar-refractivity contribution in [3.63, 3.8) is 0 Å². The molecule has 0 aliphatic rings. The van der Waals surface area contributed by atoms with Crippen LogP contribution in [0.4, 0.5) is 5.69 Å². The summed E-state index contributed by atoms with van der Waals surface area (Å²) in [5.41, 5.74) is 5.53. The molecule has 0 bridgehead atoms.